The second-order valence-electron chi connectivity index (χ2n) is 5.96. The summed E-state index contributed by atoms with van der Waals surface area (Å²) in [5, 5.41) is 2.72. The fourth-order valence-corrected chi connectivity index (χ4v) is 6.70. The first-order chi connectivity index (χ1) is 12.9. The van der Waals surface area contributed by atoms with Crippen molar-refractivity contribution in [1.82, 2.24) is 4.72 Å². The number of halogens is 1. The van der Waals surface area contributed by atoms with Crippen LogP contribution in [0.25, 0.3) is 0 Å². The Labute approximate surface area is 166 Å². The number of sulfonamides is 1. The van der Waals surface area contributed by atoms with Gasteiger partial charge in [-0.3, -0.25) is 4.79 Å². The minimum absolute atomic E-state index is 0.346. The van der Waals surface area contributed by atoms with Gasteiger partial charge in [-0.2, -0.15) is 4.72 Å². The van der Waals surface area contributed by atoms with Crippen molar-refractivity contribution in [3.63, 3.8) is 0 Å². The predicted molar refractivity (Wildman–Crippen MR) is 109 cm³/mol. The lowest BCUT2D eigenvalue weighted by atomic mass is 10.2. The molecule has 1 heterocycles. The van der Waals surface area contributed by atoms with Crippen LogP contribution in [0.15, 0.2) is 53.4 Å². The molecule has 2 aromatic rings. The van der Waals surface area contributed by atoms with Gasteiger partial charge >= 0.3 is 0 Å². The number of benzene rings is 2. The van der Waals surface area contributed by atoms with E-state index in [0.717, 1.165) is 29.2 Å². The molecule has 0 bridgehead atoms. The van der Waals surface area contributed by atoms with Crippen LogP contribution in [0.3, 0.4) is 0 Å². The molecule has 27 heavy (non-hydrogen) atoms. The second-order valence-corrected chi connectivity index (χ2v) is 10.4. The molecule has 1 fully saturated rings. The standard InChI is InChI=1S/C18H19FN2O3S3/c1-12(21-27(23,24)16-8-3-2-7-15(16)19)17(22)20-14-6-4-5-13(11-14)18-25-9-10-26-18/h2-8,11-12,18,21H,9-10H2,1H3,(H,20,22). The van der Waals surface area contributed by atoms with Gasteiger partial charge in [-0.1, -0.05) is 24.3 Å². The minimum Gasteiger partial charge on any atom is -0.325 e. The molecule has 2 N–H and O–H groups in total. The summed E-state index contributed by atoms with van der Waals surface area (Å²) in [4.78, 5) is 11.9. The van der Waals surface area contributed by atoms with Gasteiger partial charge in [0.1, 0.15) is 10.7 Å². The molecule has 2 aromatic carbocycles. The van der Waals surface area contributed by atoms with Crippen molar-refractivity contribution >= 4 is 45.1 Å². The predicted octanol–water partition coefficient (Wildman–Crippen LogP) is 3.61. The van der Waals surface area contributed by atoms with Gasteiger partial charge in [-0.15, -0.1) is 23.5 Å². The Morgan fingerprint density at radius 3 is 2.56 bits per heavy atom. The molecule has 1 unspecified atom stereocenters. The summed E-state index contributed by atoms with van der Waals surface area (Å²) in [5.41, 5.74) is 1.71. The Bertz CT molecular complexity index is 931. The molecule has 1 aliphatic rings. The van der Waals surface area contributed by atoms with Crippen LogP contribution in [0.4, 0.5) is 10.1 Å². The van der Waals surface area contributed by atoms with E-state index in [2.05, 4.69) is 10.0 Å². The van der Waals surface area contributed by atoms with Crippen LogP contribution in [0.5, 0.6) is 0 Å². The van der Waals surface area contributed by atoms with Crippen LogP contribution in [0.2, 0.25) is 0 Å². The Morgan fingerprint density at radius 1 is 1.15 bits per heavy atom. The first-order valence-corrected chi connectivity index (χ1v) is 11.9. The average molecular weight is 427 g/mol. The van der Waals surface area contributed by atoms with E-state index in [1.54, 1.807) is 6.07 Å². The fourth-order valence-electron chi connectivity index (χ4n) is 2.58. The maximum atomic E-state index is 13.8. The minimum atomic E-state index is -4.14. The maximum absolute atomic E-state index is 13.8. The first-order valence-electron chi connectivity index (χ1n) is 8.28. The van der Waals surface area contributed by atoms with E-state index in [9.17, 15) is 17.6 Å². The van der Waals surface area contributed by atoms with Gasteiger partial charge in [0.2, 0.25) is 15.9 Å². The third-order valence-electron chi connectivity index (χ3n) is 3.90. The van der Waals surface area contributed by atoms with Crippen molar-refractivity contribution in [2.45, 2.75) is 22.4 Å². The average Bonchev–Trinajstić information content (AvgIpc) is 3.16. The summed E-state index contributed by atoms with van der Waals surface area (Å²) in [6.07, 6.45) is 0. The molecule has 9 heteroatoms. The van der Waals surface area contributed by atoms with Crippen molar-refractivity contribution < 1.29 is 17.6 Å². The van der Waals surface area contributed by atoms with E-state index in [-0.39, 0.29) is 0 Å². The zero-order valence-corrected chi connectivity index (χ0v) is 17.0. The van der Waals surface area contributed by atoms with Gasteiger partial charge in [0.05, 0.1) is 10.6 Å². The van der Waals surface area contributed by atoms with Crippen molar-refractivity contribution in [3.8, 4) is 0 Å². The van der Waals surface area contributed by atoms with E-state index >= 15 is 0 Å². The third-order valence-corrected chi connectivity index (χ3v) is 8.58. The van der Waals surface area contributed by atoms with Gasteiger partial charge in [0.15, 0.2) is 0 Å². The van der Waals surface area contributed by atoms with Crippen molar-refractivity contribution in [1.29, 1.82) is 0 Å². The number of hydrogen-bond acceptors (Lipinski definition) is 5. The molecular formula is C18H19FN2O3S3. The molecule has 5 nitrogen and oxygen atoms in total. The molecule has 0 aromatic heterocycles. The largest absolute Gasteiger partial charge is 0.325 e. The van der Waals surface area contributed by atoms with E-state index in [1.807, 2.05) is 41.7 Å². The zero-order chi connectivity index (χ0) is 19.4. The Hall–Kier alpha value is -1.55. The monoisotopic (exact) mass is 426 g/mol. The molecular weight excluding hydrogens is 407 g/mol. The first kappa shape index (κ1) is 20.2. The molecule has 1 amide bonds. The zero-order valence-electron chi connectivity index (χ0n) is 14.5. The van der Waals surface area contributed by atoms with Gasteiger partial charge in [0.25, 0.3) is 0 Å². The van der Waals surface area contributed by atoms with Crippen LogP contribution in [0.1, 0.15) is 17.1 Å². The van der Waals surface area contributed by atoms with Gasteiger partial charge in [-0.25, -0.2) is 12.8 Å². The van der Waals surface area contributed by atoms with Crippen LogP contribution in [-0.4, -0.2) is 31.9 Å². The third kappa shape index (κ3) is 5.04. The van der Waals surface area contributed by atoms with Crippen LogP contribution in [-0.2, 0) is 14.8 Å². The lowest BCUT2D eigenvalue weighted by molar-refractivity contribution is -0.117. The molecule has 1 saturated heterocycles. The van der Waals surface area contributed by atoms with Crippen LogP contribution in [0, 0.1) is 5.82 Å². The summed E-state index contributed by atoms with van der Waals surface area (Å²) in [7, 11) is -4.14. The second kappa shape index (κ2) is 8.64. The number of hydrogen-bond donors (Lipinski definition) is 2. The van der Waals surface area contributed by atoms with Gasteiger partial charge in [-0.05, 0) is 36.8 Å². The number of thioether (sulfide) groups is 2. The van der Waals surface area contributed by atoms with E-state index in [0.29, 0.717) is 10.3 Å². The maximum Gasteiger partial charge on any atom is 0.244 e. The normalized spacial score (nSPS) is 16.2. The fraction of sp³-hybridized carbons (Fsp3) is 0.278. The number of anilines is 1. The highest BCUT2D eigenvalue weighted by molar-refractivity contribution is 8.19. The molecule has 1 aliphatic heterocycles. The number of nitrogens with one attached hydrogen (secondary N) is 2. The molecule has 0 radical (unpaired) electrons. The number of rotatable bonds is 6. The highest BCUT2D eigenvalue weighted by Crippen LogP contribution is 2.45. The Kier molecular flexibility index (Phi) is 6.46. The smallest absolute Gasteiger partial charge is 0.244 e. The summed E-state index contributed by atoms with van der Waals surface area (Å²) >= 11 is 3.72. The summed E-state index contributed by atoms with van der Waals surface area (Å²) in [6.45, 7) is 1.42. The van der Waals surface area contributed by atoms with Crippen LogP contribution < -0.4 is 10.0 Å². The lowest BCUT2D eigenvalue weighted by Gasteiger charge is -2.16. The molecule has 0 spiro atoms. The SMILES string of the molecule is CC(NS(=O)(=O)c1ccccc1F)C(=O)Nc1cccc(C2SCCS2)c1. The topological polar surface area (TPSA) is 75.3 Å². The summed E-state index contributed by atoms with van der Waals surface area (Å²) in [5.74, 6) is 0.817. The van der Waals surface area contributed by atoms with Gasteiger partial charge < -0.3 is 5.32 Å². The van der Waals surface area contributed by atoms with E-state index in [1.165, 1.54) is 19.1 Å². The highest BCUT2D eigenvalue weighted by Gasteiger charge is 2.25. The quantitative estimate of drug-likeness (QED) is 0.738. The Balaban J connectivity index is 1.67. The lowest BCUT2D eigenvalue weighted by Crippen LogP contribution is -2.41. The number of amides is 1. The van der Waals surface area contributed by atoms with Crippen molar-refractivity contribution in [2.75, 3.05) is 16.8 Å². The van der Waals surface area contributed by atoms with Crippen LogP contribution >= 0.6 is 23.5 Å². The molecule has 1 atom stereocenters. The van der Waals surface area contributed by atoms with E-state index in [4.69, 9.17) is 0 Å². The molecule has 144 valence electrons. The number of carbonyl (C=O) groups excluding carboxylic acids is 1. The molecule has 3 rings (SSSR count). The highest BCUT2D eigenvalue weighted by atomic mass is 32.2. The Morgan fingerprint density at radius 2 is 1.85 bits per heavy atom. The van der Waals surface area contributed by atoms with Gasteiger partial charge in [0, 0.05) is 17.2 Å². The number of carbonyl (C=O) groups is 1. The van der Waals surface area contributed by atoms with Crippen molar-refractivity contribution in [3.05, 3.63) is 59.9 Å². The van der Waals surface area contributed by atoms with E-state index < -0.39 is 32.7 Å². The summed E-state index contributed by atoms with van der Waals surface area (Å²) in [6, 6.07) is 11.5. The molecule has 0 aliphatic carbocycles. The summed E-state index contributed by atoms with van der Waals surface area (Å²) < 4.78 is 40.9. The molecule has 0 saturated carbocycles. The van der Waals surface area contributed by atoms with Crippen molar-refractivity contribution in [2.24, 2.45) is 0 Å².